The molecule has 2 N–H and O–H groups in total. The van der Waals surface area contributed by atoms with Crippen molar-refractivity contribution in [2.75, 3.05) is 6.54 Å². The first kappa shape index (κ1) is 19.7. The molecule has 0 aliphatic carbocycles. The number of benzene rings is 2. The molecule has 1 atom stereocenters. The van der Waals surface area contributed by atoms with Crippen molar-refractivity contribution in [2.45, 2.75) is 13.0 Å². The Morgan fingerprint density at radius 3 is 2.76 bits per heavy atom. The fourth-order valence-electron chi connectivity index (χ4n) is 2.61. The third-order valence-electron chi connectivity index (χ3n) is 4.04. The summed E-state index contributed by atoms with van der Waals surface area (Å²) in [6.45, 7) is 1.08. The summed E-state index contributed by atoms with van der Waals surface area (Å²) in [5.41, 5.74) is -0.0821. The number of aromatic amines is 1. The molecule has 148 valence electrons. The molecule has 0 bridgehead atoms. The van der Waals surface area contributed by atoms with Crippen molar-refractivity contribution in [2.24, 2.45) is 0 Å². The second kappa shape index (κ2) is 8.30. The predicted molar refractivity (Wildman–Crippen MR) is 102 cm³/mol. The minimum Gasteiger partial charge on any atom is -0.453 e. The first-order valence-electron chi connectivity index (χ1n) is 8.56. The number of hydrogen-bond acceptors (Lipinski definition) is 7. The van der Waals surface area contributed by atoms with Gasteiger partial charge in [-0.2, -0.15) is 0 Å². The normalized spacial score (nSPS) is 11.6. The quantitative estimate of drug-likeness (QED) is 0.367. The molecule has 2 aromatic carbocycles. The van der Waals surface area contributed by atoms with E-state index in [2.05, 4.69) is 15.3 Å². The molecule has 1 aromatic heterocycles. The summed E-state index contributed by atoms with van der Waals surface area (Å²) in [4.78, 5) is 53.2. The Morgan fingerprint density at radius 1 is 1.24 bits per heavy atom. The summed E-state index contributed by atoms with van der Waals surface area (Å²) in [6.07, 6.45) is -0.852. The van der Waals surface area contributed by atoms with Gasteiger partial charge in [0, 0.05) is 17.7 Å². The van der Waals surface area contributed by atoms with Crippen LogP contribution in [0.1, 0.15) is 29.2 Å². The Morgan fingerprint density at radius 2 is 2.00 bits per heavy atom. The van der Waals surface area contributed by atoms with E-state index in [0.717, 1.165) is 6.07 Å². The van der Waals surface area contributed by atoms with Crippen LogP contribution in [0.25, 0.3) is 10.9 Å². The van der Waals surface area contributed by atoms with Crippen molar-refractivity contribution >= 4 is 28.5 Å². The molecule has 0 saturated carbocycles. The van der Waals surface area contributed by atoms with Gasteiger partial charge in [0.1, 0.15) is 6.54 Å². The minimum atomic E-state index is -0.852. The van der Waals surface area contributed by atoms with Crippen LogP contribution in [0.15, 0.2) is 53.3 Å². The number of carbonyl (C=O) groups excluding carboxylic acids is 2. The molecule has 10 nitrogen and oxygen atoms in total. The van der Waals surface area contributed by atoms with Gasteiger partial charge in [-0.25, -0.2) is 4.98 Å². The van der Waals surface area contributed by atoms with Crippen molar-refractivity contribution < 1.29 is 19.2 Å². The molecule has 1 heterocycles. The highest BCUT2D eigenvalue weighted by molar-refractivity contribution is 5.96. The highest BCUT2D eigenvalue weighted by Crippen LogP contribution is 2.15. The lowest BCUT2D eigenvalue weighted by atomic mass is 10.2. The van der Waals surface area contributed by atoms with Crippen molar-refractivity contribution in [3.05, 3.63) is 80.4 Å². The predicted octanol–water partition coefficient (Wildman–Crippen LogP) is 1.87. The monoisotopic (exact) mass is 396 g/mol. The van der Waals surface area contributed by atoms with E-state index in [-0.39, 0.29) is 22.6 Å². The molecule has 0 spiro atoms. The first-order chi connectivity index (χ1) is 13.8. The molecule has 0 unspecified atom stereocenters. The van der Waals surface area contributed by atoms with Gasteiger partial charge in [0.15, 0.2) is 11.9 Å². The lowest BCUT2D eigenvalue weighted by Gasteiger charge is -2.13. The minimum absolute atomic E-state index is 0.0422. The van der Waals surface area contributed by atoms with Gasteiger partial charge in [0.05, 0.1) is 15.8 Å². The van der Waals surface area contributed by atoms with Crippen molar-refractivity contribution in [3.63, 3.8) is 0 Å². The van der Waals surface area contributed by atoms with E-state index in [1.165, 1.54) is 25.1 Å². The van der Waals surface area contributed by atoms with E-state index in [1.54, 1.807) is 24.3 Å². The number of rotatable bonds is 6. The van der Waals surface area contributed by atoms with Crippen molar-refractivity contribution in [1.29, 1.82) is 0 Å². The number of nitrogens with zero attached hydrogens (tertiary/aromatic N) is 2. The number of non-ortho nitro benzene ring substituents is 1. The molecule has 1 amide bonds. The summed E-state index contributed by atoms with van der Waals surface area (Å²) < 4.78 is 5.19. The largest absolute Gasteiger partial charge is 0.453 e. The van der Waals surface area contributed by atoms with Gasteiger partial charge >= 0.3 is 5.97 Å². The molecular weight excluding hydrogens is 380 g/mol. The molecule has 0 aliphatic rings. The van der Waals surface area contributed by atoms with Gasteiger partial charge in [0.2, 0.25) is 0 Å². The summed E-state index contributed by atoms with van der Waals surface area (Å²) in [5.74, 6) is -1.24. The van der Waals surface area contributed by atoms with E-state index < -0.39 is 29.4 Å². The number of carbonyl (C=O) groups is 2. The Kier molecular flexibility index (Phi) is 5.63. The van der Waals surface area contributed by atoms with Crippen LogP contribution in [0, 0.1) is 10.1 Å². The van der Waals surface area contributed by atoms with Crippen LogP contribution in [-0.4, -0.2) is 33.3 Å². The molecular formula is C19H16N4O6. The SMILES string of the molecule is C[C@H](OC(=O)CNC(=O)c1cccc([N+](=O)[O-])c1)c1nc2ccccc2c(=O)[nH]1. The van der Waals surface area contributed by atoms with Crippen molar-refractivity contribution in [1.82, 2.24) is 15.3 Å². The Hall–Kier alpha value is -4.08. The maximum atomic E-state index is 12.1. The van der Waals surface area contributed by atoms with Crippen LogP contribution in [0.3, 0.4) is 0 Å². The van der Waals surface area contributed by atoms with Gasteiger partial charge in [-0.1, -0.05) is 18.2 Å². The second-order valence-electron chi connectivity index (χ2n) is 6.09. The number of ether oxygens (including phenoxy) is 1. The average Bonchev–Trinajstić information content (AvgIpc) is 2.72. The molecule has 3 rings (SSSR count). The molecule has 0 radical (unpaired) electrons. The van der Waals surface area contributed by atoms with Crippen LogP contribution in [0.2, 0.25) is 0 Å². The van der Waals surface area contributed by atoms with E-state index >= 15 is 0 Å². The molecule has 0 aliphatic heterocycles. The number of nitro benzene ring substituents is 1. The lowest BCUT2D eigenvalue weighted by Crippen LogP contribution is -2.31. The van der Waals surface area contributed by atoms with E-state index in [0.29, 0.717) is 10.9 Å². The van der Waals surface area contributed by atoms with Gasteiger partial charge in [-0.3, -0.25) is 24.5 Å². The van der Waals surface area contributed by atoms with Crippen molar-refractivity contribution in [3.8, 4) is 0 Å². The zero-order chi connectivity index (χ0) is 21.0. The van der Waals surface area contributed by atoms with Crippen LogP contribution in [0.5, 0.6) is 0 Å². The van der Waals surface area contributed by atoms with Crippen LogP contribution < -0.4 is 10.9 Å². The van der Waals surface area contributed by atoms with Crippen LogP contribution >= 0.6 is 0 Å². The fraction of sp³-hybridized carbons (Fsp3) is 0.158. The summed E-state index contributed by atoms with van der Waals surface area (Å²) in [6, 6.07) is 11.9. The number of nitro groups is 1. The zero-order valence-corrected chi connectivity index (χ0v) is 15.2. The summed E-state index contributed by atoms with van der Waals surface area (Å²) >= 11 is 0. The van der Waals surface area contributed by atoms with Gasteiger partial charge in [-0.05, 0) is 25.1 Å². The zero-order valence-electron chi connectivity index (χ0n) is 15.2. The molecule has 29 heavy (non-hydrogen) atoms. The number of nitrogens with one attached hydrogen (secondary N) is 2. The number of esters is 1. The summed E-state index contributed by atoms with van der Waals surface area (Å²) in [7, 11) is 0. The maximum absolute atomic E-state index is 12.1. The summed E-state index contributed by atoms with van der Waals surface area (Å²) in [5, 5.41) is 13.5. The van der Waals surface area contributed by atoms with Gasteiger partial charge < -0.3 is 15.0 Å². The number of para-hydroxylation sites is 1. The molecule has 3 aromatic rings. The molecule has 10 heteroatoms. The smallest absolute Gasteiger partial charge is 0.326 e. The number of hydrogen-bond donors (Lipinski definition) is 2. The lowest BCUT2D eigenvalue weighted by molar-refractivity contribution is -0.384. The average molecular weight is 396 g/mol. The van der Waals surface area contributed by atoms with E-state index in [9.17, 15) is 24.5 Å². The standard InChI is InChI=1S/C19H16N4O6/c1-11(17-21-15-8-3-2-7-14(15)19(26)22-17)29-16(24)10-20-18(25)12-5-4-6-13(9-12)23(27)28/h2-9,11H,10H2,1H3,(H,20,25)(H,21,22,26)/t11-/m0/s1. The maximum Gasteiger partial charge on any atom is 0.326 e. The highest BCUT2D eigenvalue weighted by atomic mass is 16.6. The Bertz CT molecular complexity index is 1160. The third-order valence-corrected chi connectivity index (χ3v) is 4.04. The van der Waals surface area contributed by atoms with Crippen LogP contribution in [-0.2, 0) is 9.53 Å². The fourth-order valence-corrected chi connectivity index (χ4v) is 2.61. The highest BCUT2D eigenvalue weighted by Gasteiger charge is 2.17. The Labute approximate surface area is 163 Å². The van der Waals surface area contributed by atoms with E-state index in [4.69, 9.17) is 4.74 Å². The number of fused-ring (bicyclic) bond motifs is 1. The third kappa shape index (κ3) is 4.61. The Balaban J connectivity index is 1.62. The number of H-pyrrole nitrogens is 1. The number of amides is 1. The van der Waals surface area contributed by atoms with Gasteiger partial charge in [0.25, 0.3) is 17.2 Å². The topological polar surface area (TPSA) is 144 Å². The first-order valence-corrected chi connectivity index (χ1v) is 8.56. The van der Waals surface area contributed by atoms with E-state index in [1.807, 2.05) is 0 Å². The second-order valence-corrected chi connectivity index (χ2v) is 6.09. The van der Waals surface area contributed by atoms with Crippen LogP contribution in [0.4, 0.5) is 5.69 Å². The molecule has 0 saturated heterocycles. The molecule has 0 fully saturated rings. The number of aromatic nitrogens is 2. The van der Waals surface area contributed by atoms with Gasteiger partial charge in [-0.15, -0.1) is 0 Å².